The van der Waals surface area contributed by atoms with E-state index in [0.717, 1.165) is 5.56 Å². The molecule has 1 aromatic carbocycles. The molecule has 0 atom stereocenters. The van der Waals surface area contributed by atoms with Gasteiger partial charge in [0.05, 0.1) is 0 Å². The number of allylic oxidation sites excluding steroid dienone is 1. The highest BCUT2D eigenvalue weighted by Crippen LogP contribution is 2.17. The van der Waals surface area contributed by atoms with Crippen LogP contribution in [0, 0.1) is 0 Å². The fourth-order valence-electron chi connectivity index (χ4n) is 1.21. The Morgan fingerprint density at radius 2 is 2.06 bits per heavy atom. The van der Waals surface area contributed by atoms with Crippen molar-refractivity contribution in [3.05, 3.63) is 41.7 Å². The summed E-state index contributed by atoms with van der Waals surface area (Å²) in [6, 6.07) is 7.24. The fourth-order valence-corrected chi connectivity index (χ4v) is 1.50. The van der Waals surface area contributed by atoms with Gasteiger partial charge in [-0.25, -0.2) is 9.67 Å². The molecule has 86 valence electrons. The van der Waals surface area contributed by atoms with E-state index in [2.05, 4.69) is 10.1 Å². The van der Waals surface area contributed by atoms with Crippen LogP contribution in [0.4, 0.5) is 0 Å². The van der Waals surface area contributed by atoms with Gasteiger partial charge in [-0.05, 0) is 24.3 Å². The van der Waals surface area contributed by atoms with Crippen LogP contribution in [0.3, 0.4) is 0 Å². The first kappa shape index (κ1) is 12.3. The minimum atomic E-state index is -0.0638. The molecule has 2 aromatic rings. The minimum absolute atomic E-state index is 0.0638. The number of rotatable bonds is 3. The van der Waals surface area contributed by atoms with Crippen molar-refractivity contribution in [1.29, 1.82) is 0 Å². The van der Waals surface area contributed by atoms with Crippen LogP contribution < -0.4 is 0 Å². The molecule has 0 amide bonds. The summed E-state index contributed by atoms with van der Waals surface area (Å²) >= 11 is 7.48. The number of benzene rings is 1. The van der Waals surface area contributed by atoms with Crippen molar-refractivity contribution in [2.24, 2.45) is 0 Å². The van der Waals surface area contributed by atoms with Gasteiger partial charge in [0.15, 0.2) is 5.82 Å². The van der Waals surface area contributed by atoms with Gasteiger partial charge in [-0.15, -0.1) is 5.10 Å². The lowest BCUT2D eigenvalue weighted by Crippen LogP contribution is -1.88. The van der Waals surface area contributed by atoms with E-state index < -0.39 is 0 Å². The summed E-state index contributed by atoms with van der Waals surface area (Å²) < 4.78 is 1.42. The zero-order valence-corrected chi connectivity index (χ0v) is 11.5. The molecular formula is C11H7ClIN3O. The highest BCUT2D eigenvalue weighted by Gasteiger charge is 2.02. The number of carbonyl (C=O) groups excluding carboxylic acids is 1. The molecule has 0 N–H and O–H groups in total. The van der Waals surface area contributed by atoms with Gasteiger partial charge >= 0.3 is 0 Å². The summed E-state index contributed by atoms with van der Waals surface area (Å²) in [4.78, 5) is 14.9. The molecule has 0 bridgehead atoms. The van der Waals surface area contributed by atoms with Crippen LogP contribution in [-0.2, 0) is 4.79 Å². The predicted molar refractivity (Wildman–Crippen MR) is 74.8 cm³/mol. The molecule has 6 heteroatoms. The highest BCUT2D eigenvalue weighted by atomic mass is 127. The molecule has 1 aromatic heterocycles. The van der Waals surface area contributed by atoms with Crippen molar-refractivity contribution < 1.29 is 4.79 Å². The average molecular weight is 360 g/mol. The molecule has 0 aliphatic heterocycles. The Morgan fingerprint density at radius 1 is 1.35 bits per heavy atom. The second-order valence-electron chi connectivity index (χ2n) is 3.17. The summed E-state index contributed by atoms with van der Waals surface area (Å²) in [5, 5.41) is 4.87. The molecule has 2 rings (SSSR count). The van der Waals surface area contributed by atoms with E-state index in [1.54, 1.807) is 47.3 Å². The number of nitrogens with zero attached hydrogens (tertiary/aromatic N) is 3. The van der Waals surface area contributed by atoms with Crippen molar-refractivity contribution in [2.45, 2.75) is 0 Å². The molecule has 0 radical (unpaired) electrons. The van der Waals surface area contributed by atoms with Crippen molar-refractivity contribution in [3.8, 4) is 11.4 Å². The van der Waals surface area contributed by atoms with E-state index in [0.29, 0.717) is 10.8 Å². The third-order valence-electron chi connectivity index (χ3n) is 1.97. The van der Waals surface area contributed by atoms with Gasteiger partial charge in [0.1, 0.15) is 6.33 Å². The Hall–Kier alpha value is -1.21. The second-order valence-corrected chi connectivity index (χ2v) is 4.67. The number of hydrogen-bond acceptors (Lipinski definition) is 3. The normalized spacial score (nSPS) is 10.9. The predicted octanol–water partition coefficient (Wildman–Crippen LogP) is 3.03. The lowest BCUT2D eigenvalue weighted by atomic mass is 10.2. The standard InChI is InChI=1S/C11H7ClIN3O/c12-9-3-1-8(2-4-9)11-14-7-16(15-11)6-5-10(13)17/h1-7H/b6-5-. The third kappa shape index (κ3) is 3.37. The SMILES string of the molecule is O=C(I)/C=C\n1cnc(-c2ccc(Cl)cc2)n1. The van der Waals surface area contributed by atoms with E-state index in [1.165, 1.54) is 10.8 Å². The quantitative estimate of drug-likeness (QED) is 0.481. The molecule has 0 aliphatic rings. The first-order valence-corrected chi connectivity index (χ1v) is 6.15. The summed E-state index contributed by atoms with van der Waals surface area (Å²) in [5.74, 6) is 0.590. The van der Waals surface area contributed by atoms with Gasteiger partial charge in [0.25, 0.3) is 0 Å². The Balaban J connectivity index is 2.23. The lowest BCUT2D eigenvalue weighted by Gasteiger charge is -1.94. The maximum Gasteiger partial charge on any atom is 0.216 e. The number of halogens is 2. The van der Waals surface area contributed by atoms with Gasteiger partial charge in [0.2, 0.25) is 3.79 Å². The van der Waals surface area contributed by atoms with Crippen LogP contribution in [0.1, 0.15) is 0 Å². The number of hydrogen-bond donors (Lipinski definition) is 0. The van der Waals surface area contributed by atoms with Crippen molar-refractivity contribution >= 4 is 44.2 Å². The van der Waals surface area contributed by atoms with Crippen LogP contribution in [0.5, 0.6) is 0 Å². The number of carbonyl (C=O) groups is 1. The Bertz CT molecular complexity index is 562. The monoisotopic (exact) mass is 359 g/mol. The molecule has 0 spiro atoms. The molecule has 0 saturated carbocycles. The lowest BCUT2D eigenvalue weighted by molar-refractivity contribution is -0.105. The maximum absolute atomic E-state index is 10.8. The average Bonchev–Trinajstić information content (AvgIpc) is 2.76. The smallest absolute Gasteiger partial charge is 0.216 e. The van der Waals surface area contributed by atoms with Gasteiger partial charge in [-0.1, -0.05) is 11.6 Å². The van der Waals surface area contributed by atoms with Crippen LogP contribution in [0.15, 0.2) is 36.7 Å². The second kappa shape index (κ2) is 5.42. The van der Waals surface area contributed by atoms with E-state index in [9.17, 15) is 4.79 Å². The molecule has 0 fully saturated rings. The molecule has 0 saturated heterocycles. The zero-order chi connectivity index (χ0) is 12.3. The maximum atomic E-state index is 10.8. The Kier molecular flexibility index (Phi) is 3.90. The van der Waals surface area contributed by atoms with Gasteiger partial charge in [0, 0.05) is 45.5 Å². The van der Waals surface area contributed by atoms with Crippen molar-refractivity contribution in [2.75, 3.05) is 0 Å². The molecule has 0 aliphatic carbocycles. The van der Waals surface area contributed by atoms with Crippen LogP contribution >= 0.6 is 34.2 Å². The fraction of sp³-hybridized carbons (Fsp3) is 0. The molecular weight excluding hydrogens is 352 g/mol. The van der Waals surface area contributed by atoms with Crippen molar-refractivity contribution in [1.82, 2.24) is 14.8 Å². The summed E-state index contributed by atoms with van der Waals surface area (Å²) in [5.41, 5.74) is 0.877. The van der Waals surface area contributed by atoms with E-state index in [1.807, 2.05) is 12.1 Å². The van der Waals surface area contributed by atoms with Gasteiger partial charge in [-0.3, -0.25) is 4.79 Å². The molecule has 17 heavy (non-hydrogen) atoms. The highest BCUT2D eigenvalue weighted by molar-refractivity contribution is 14.1. The third-order valence-corrected chi connectivity index (χ3v) is 2.58. The van der Waals surface area contributed by atoms with Crippen LogP contribution in [0.2, 0.25) is 5.02 Å². The largest absolute Gasteiger partial charge is 0.283 e. The Labute approximate surface area is 116 Å². The zero-order valence-electron chi connectivity index (χ0n) is 8.55. The Morgan fingerprint density at radius 3 is 2.71 bits per heavy atom. The molecule has 0 unspecified atom stereocenters. The van der Waals surface area contributed by atoms with E-state index >= 15 is 0 Å². The van der Waals surface area contributed by atoms with Crippen molar-refractivity contribution in [3.63, 3.8) is 0 Å². The van der Waals surface area contributed by atoms with Gasteiger partial charge < -0.3 is 0 Å². The molecule has 4 nitrogen and oxygen atoms in total. The van der Waals surface area contributed by atoms with Gasteiger partial charge in [-0.2, -0.15) is 0 Å². The van der Waals surface area contributed by atoms with Crippen LogP contribution in [0.25, 0.3) is 17.6 Å². The summed E-state index contributed by atoms with van der Waals surface area (Å²) in [7, 11) is 0. The summed E-state index contributed by atoms with van der Waals surface area (Å²) in [6.45, 7) is 0. The molecule has 1 heterocycles. The first-order chi connectivity index (χ1) is 8.15. The number of aromatic nitrogens is 3. The minimum Gasteiger partial charge on any atom is -0.283 e. The summed E-state index contributed by atoms with van der Waals surface area (Å²) in [6.07, 6.45) is 4.52. The topological polar surface area (TPSA) is 47.8 Å². The van der Waals surface area contributed by atoms with E-state index in [-0.39, 0.29) is 3.79 Å². The first-order valence-electron chi connectivity index (χ1n) is 4.70. The van der Waals surface area contributed by atoms with Crippen LogP contribution in [-0.4, -0.2) is 18.6 Å². The van der Waals surface area contributed by atoms with E-state index in [4.69, 9.17) is 11.6 Å².